The molecular weight excluding hydrogens is 523 g/mol. The highest BCUT2D eigenvalue weighted by molar-refractivity contribution is 6.35. The van der Waals surface area contributed by atoms with E-state index in [4.69, 9.17) is 26.1 Å². The third-order valence-electron chi connectivity index (χ3n) is 7.20. The zero-order valence-corrected chi connectivity index (χ0v) is 21.8. The Labute approximate surface area is 228 Å². The number of amides is 2. The van der Waals surface area contributed by atoms with E-state index in [1.807, 2.05) is 30.3 Å². The van der Waals surface area contributed by atoms with Crippen molar-refractivity contribution in [3.63, 3.8) is 0 Å². The number of aromatic nitrogens is 2. The number of rotatable bonds is 4. The maximum absolute atomic E-state index is 15.3. The Morgan fingerprint density at radius 2 is 2.00 bits per heavy atom. The normalized spacial score (nSPS) is 16.8. The fourth-order valence-corrected chi connectivity index (χ4v) is 5.57. The maximum Gasteiger partial charge on any atom is 0.261 e. The van der Waals surface area contributed by atoms with Crippen LogP contribution < -0.4 is 9.47 Å². The van der Waals surface area contributed by atoms with Crippen LogP contribution in [0, 0.1) is 5.82 Å². The molecule has 1 fully saturated rings. The molecule has 2 aromatic carbocycles. The lowest BCUT2D eigenvalue weighted by Gasteiger charge is -2.39. The van der Waals surface area contributed by atoms with Crippen molar-refractivity contribution in [2.45, 2.75) is 6.04 Å². The number of ether oxygens (including phenoxy) is 2. The van der Waals surface area contributed by atoms with E-state index in [9.17, 15) is 9.59 Å². The summed E-state index contributed by atoms with van der Waals surface area (Å²) < 4.78 is 28.7. The molecule has 8 nitrogen and oxygen atoms in total. The van der Waals surface area contributed by atoms with Crippen LogP contribution >= 0.6 is 11.6 Å². The number of hydrogen-bond acceptors (Lipinski definition) is 5. The van der Waals surface area contributed by atoms with Crippen LogP contribution in [0.4, 0.5) is 4.39 Å². The summed E-state index contributed by atoms with van der Waals surface area (Å²) in [5.74, 6) is -0.511. The molecule has 0 N–H and O–H groups in total. The molecular formula is C29H24ClFN4O4. The predicted octanol–water partition coefficient (Wildman–Crippen LogP) is 4.73. The second-order valence-corrected chi connectivity index (χ2v) is 9.69. The molecule has 4 aromatic rings. The van der Waals surface area contributed by atoms with Crippen molar-refractivity contribution in [3.8, 4) is 28.6 Å². The van der Waals surface area contributed by atoms with Crippen LogP contribution in [0.3, 0.4) is 0 Å². The van der Waals surface area contributed by atoms with Crippen molar-refractivity contribution in [1.29, 1.82) is 0 Å². The SMILES string of the molecule is C=CC(=O)N1CCN2C(=O)c3c(-n4ccc5ccccc54)nc(-c4c(F)cccc4OC)c(Cl)c3OC[C@H]2C1. The molecule has 0 aliphatic carbocycles. The molecule has 2 amide bonds. The number of carbonyl (C=O) groups is 2. The van der Waals surface area contributed by atoms with Crippen LogP contribution in [0.2, 0.25) is 5.02 Å². The van der Waals surface area contributed by atoms with Crippen molar-refractivity contribution in [1.82, 2.24) is 19.4 Å². The Balaban J connectivity index is 1.59. The predicted molar refractivity (Wildman–Crippen MR) is 145 cm³/mol. The summed E-state index contributed by atoms with van der Waals surface area (Å²) in [6, 6.07) is 13.6. The minimum atomic E-state index is -0.581. The van der Waals surface area contributed by atoms with Crippen LogP contribution in [-0.4, -0.2) is 70.6 Å². The fourth-order valence-electron chi connectivity index (χ4n) is 5.29. The van der Waals surface area contributed by atoms with Crippen molar-refractivity contribution >= 4 is 34.3 Å². The standard InChI is InChI=1S/C29H24ClFN4O4/c1-3-22(36)33-13-14-34-18(15-33)16-39-27-24(29(34)37)28(35-12-11-17-7-4-5-9-20(17)35)32-26(25(27)30)23-19(31)8-6-10-21(23)38-2/h3-12,18H,1,13-16H2,2H3/t18-/m1/s1. The zero-order valence-electron chi connectivity index (χ0n) is 21.1. The van der Waals surface area contributed by atoms with Crippen LogP contribution in [0.15, 0.2) is 67.4 Å². The van der Waals surface area contributed by atoms with E-state index in [2.05, 4.69) is 6.58 Å². The summed E-state index contributed by atoms with van der Waals surface area (Å²) in [4.78, 5) is 34.6. The quantitative estimate of drug-likeness (QED) is 0.346. The van der Waals surface area contributed by atoms with Gasteiger partial charge in [0.1, 0.15) is 34.5 Å². The van der Waals surface area contributed by atoms with Gasteiger partial charge in [0.15, 0.2) is 11.6 Å². The van der Waals surface area contributed by atoms with Crippen LogP contribution in [0.1, 0.15) is 10.4 Å². The highest BCUT2D eigenvalue weighted by Gasteiger charge is 2.40. The Morgan fingerprint density at radius 1 is 1.18 bits per heavy atom. The number of carbonyl (C=O) groups excluding carboxylic acids is 2. The molecule has 2 aliphatic rings. The smallest absolute Gasteiger partial charge is 0.261 e. The molecule has 0 radical (unpaired) electrons. The molecule has 198 valence electrons. The van der Waals surface area contributed by atoms with Gasteiger partial charge < -0.3 is 23.8 Å². The molecule has 0 bridgehead atoms. The molecule has 10 heteroatoms. The summed E-state index contributed by atoms with van der Waals surface area (Å²) in [5, 5.41) is 0.935. The lowest BCUT2D eigenvalue weighted by molar-refractivity contribution is -0.128. The van der Waals surface area contributed by atoms with E-state index < -0.39 is 11.9 Å². The van der Waals surface area contributed by atoms with Crippen molar-refractivity contribution < 1.29 is 23.5 Å². The number of pyridine rings is 1. The summed E-state index contributed by atoms with van der Waals surface area (Å²) in [6.45, 7) is 4.60. The summed E-state index contributed by atoms with van der Waals surface area (Å²) in [7, 11) is 1.43. The second kappa shape index (κ2) is 9.74. The average Bonchev–Trinajstić information content (AvgIpc) is 3.33. The van der Waals surface area contributed by atoms with E-state index in [1.165, 1.54) is 25.3 Å². The van der Waals surface area contributed by atoms with Gasteiger partial charge in [-0.1, -0.05) is 42.4 Å². The number of methoxy groups -OCH3 is 1. The van der Waals surface area contributed by atoms with E-state index in [0.29, 0.717) is 13.1 Å². The second-order valence-electron chi connectivity index (χ2n) is 9.32. The number of fused-ring (bicyclic) bond motifs is 3. The molecule has 1 atom stereocenters. The minimum absolute atomic E-state index is 0.000771. The van der Waals surface area contributed by atoms with Crippen LogP contribution in [0.5, 0.6) is 11.5 Å². The Bertz CT molecular complexity index is 1650. The zero-order chi connectivity index (χ0) is 27.3. The summed E-state index contributed by atoms with van der Waals surface area (Å²) in [6.07, 6.45) is 3.06. The van der Waals surface area contributed by atoms with Gasteiger partial charge in [-0.25, -0.2) is 9.37 Å². The third kappa shape index (κ3) is 4.01. The monoisotopic (exact) mass is 546 g/mol. The fraction of sp³-hybridized carbons (Fsp3) is 0.207. The number of piperazine rings is 1. The van der Waals surface area contributed by atoms with Gasteiger partial charge in [-0.15, -0.1) is 0 Å². The lowest BCUT2D eigenvalue weighted by Crippen LogP contribution is -2.57. The first kappa shape index (κ1) is 24.9. The van der Waals surface area contributed by atoms with Crippen LogP contribution in [0.25, 0.3) is 28.0 Å². The molecule has 2 aliphatic heterocycles. The summed E-state index contributed by atoms with van der Waals surface area (Å²) in [5.41, 5.74) is 1.13. The molecule has 1 saturated heterocycles. The molecule has 0 saturated carbocycles. The first-order chi connectivity index (χ1) is 18.9. The Hall–Kier alpha value is -4.37. The van der Waals surface area contributed by atoms with Gasteiger partial charge in [0, 0.05) is 25.8 Å². The highest BCUT2D eigenvalue weighted by atomic mass is 35.5. The van der Waals surface area contributed by atoms with E-state index in [1.54, 1.807) is 26.6 Å². The van der Waals surface area contributed by atoms with Gasteiger partial charge in [-0.05, 0) is 35.7 Å². The Kier molecular flexibility index (Phi) is 6.23. The third-order valence-corrected chi connectivity index (χ3v) is 7.55. The van der Waals surface area contributed by atoms with Crippen molar-refractivity contribution in [2.75, 3.05) is 33.4 Å². The van der Waals surface area contributed by atoms with Gasteiger partial charge in [0.25, 0.3) is 5.91 Å². The first-order valence-electron chi connectivity index (χ1n) is 12.4. The maximum atomic E-state index is 15.3. The molecule has 2 aromatic heterocycles. The highest BCUT2D eigenvalue weighted by Crippen LogP contribution is 2.45. The number of benzene rings is 2. The van der Waals surface area contributed by atoms with Crippen molar-refractivity contribution in [3.05, 3.63) is 83.8 Å². The first-order valence-corrected chi connectivity index (χ1v) is 12.8. The molecule has 4 heterocycles. The summed E-state index contributed by atoms with van der Waals surface area (Å²) >= 11 is 6.88. The van der Waals surface area contributed by atoms with Gasteiger partial charge in [-0.2, -0.15) is 0 Å². The average molecular weight is 547 g/mol. The van der Waals surface area contributed by atoms with E-state index >= 15 is 4.39 Å². The molecule has 39 heavy (non-hydrogen) atoms. The molecule has 0 spiro atoms. The van der Waals surface area contributed by atoms with Gasteiger partial charge in [0.05, 0.1) is 24.2 Å². The van der Waals surface area contributed by atoms with Gasteiger partial charge in [0.2, 0.25) is 5.91 Å². The Morgan fingerprint density at radius 3 is 2.79 bits per heavy atom. The van der Waals surface area contributed by atoms with E-state index in [-0.39, 0.29) is 64.1 Å². The van der Waals surface area contributed by atoms with E-state index in [0.717, 1.165) is 10.9 Å². The topological polar surface area (TPSA) is 76.9 Å². The van der Waals surface area contributed by atoms with Crippen molar-refractivity contribution in [2.24, 2.45) is 0 Å². The van der Waals surface area contributed by atoms with Gasteiger partial charge >= 0.3 is 0 Å². The minimum Gasteiger partial charge on any atom is -0.496 e. The lowest BCUT2D eigenvalue weighted by atomic mass is 10.1. The number of hydrogen-bond donors (Lipinski definition) is 0. The van der Waals surface area contributed by atoms with Crippen LogP contribution in [-0.2, 0) is 4.79 Å². The van der Waals surface area contributed by atoms with Gasteiger partial charge in [-0.3, -0.25) is 9.59 Å². The number of halogens is 2. The number of nitrogens with zero attached hydrogens (tertiary/aromatic N) is 4. The largest absolute Gasteiger partial charge is 0.496 e. The number of para-hydroxylation sites is 1. The molecule has 0 unspecified atom stereocenters. The molecule has 6 rings (SSSR count).